The van der Waals surface area contributed by atoms with E-state index < -0.39 is 42.1 Å². The third-order valence-electron chi connectivity index (χ3n) is 6.39. The molecule has 0 radical (unpaired) electrons. The van der Waals surface area contributed by atoms with Gasteiger partial charge in [-0.3, -0.25) is 14.6 Å². The van der Waals surface area contributed by atoms with Crippen LogP contribution >= 0.6 is 34.8 Å². The van der Waals surface area contributed by atoms with Crippen LogP contribution in [0, 0.1) is 6.92 Å². The summed E-state index contributed by atoms with van der Waals surface area (Å²) < 4.78 is 78.9. The summed E-state index contributed by atoms with van der Waals surface area (Å²) in [6.45, 7) is 0.726. The highest BCUT2D eigenvalue weighted by Gasteiger charge is 2.37. The lowest BCUT2D eigenvalue weighted by atomic mass is 10.1. The third kappa shape index (κ3) is 7.66. The second-order valence-corrected chi connectivity index (χ2v) is 11.1. The van der Waals surface area contributed by atoms with Crippen LogP contribution in [0.5, 0.6) is 0 Å². The maximum atomic E-state index is 13.7. The van der Waals surface area contributed by atoms with Crippen molar-refractivity contribution in [1.29, 1.82) is 0 Å². The van der Waals surface area contributed by atoms with Crippen molar-refractivity contribution in [3.63, 3.8) is 0 Å². The number of carbonyl (C=O) groups excluding carboxylic acids is 2. The number of carbonyl (C=O) groups is 2. The minimum absolute atomic E-state index is 0.00943. The van der Waals surface area contributed by atoms with E-state index in [0.29, 0.717) is 22.6 Å². The standard InChI is InChI=1S/C27H17Cl3F6N10O2/c1-12-5-14(28)7-16(23(47)39-10-19-18(30)6-13(9-38-19)26(31,32)33)21(12)40-24(48)20-8-15(11-45-43-25(41-44-45)27(34,35)36)42-46(20)22-17(29)3-2-4-37-22/h2-9H,10-11H2,1H3,(H,39,47)(H,40,48). The molecule has 0 fully saturated rings. The number of aryl methyl sites for hydroxylation is 1. The highest BCUT2D eigenvalue weighted by molar-refractivity contribution is 6.32. The molecule has 0 spiro atoms. The van der Waals surface area contributed by atoms with E-state index in [9.17, 15) is 35.9 Å². The number of alkyl halides is 6. The van der Waals surface area contributed by atoms with Crippen molar-refractivity contribution in [3.8, 4) is 5.82 Å². The molecular weight excluding hydrogens is 717 g/mol. The average Bonchev–Trinajstić information content (AvgIpc) is 3.65. The van der Waals surface area contributed by atoms with Crippen LogP contribution in [-0.4, -0.2) is 51.8 Å². The number of aromatic nitrogens is 8. The molecule has 0 saturated heterocycles. The number of nitrogens with one attached hydrogen (secondary N) is 2. The van der Waals surface area contributed by atoms with Gasteiger partial charge in [0.15, 0.2) is 5.82 Å². The van der Waals surface area contributed by atoms with Crippen molar-refractivity contribution in [2.24, 2.45) is 0 Å². The fourth-order valence-electron chi connectivity index (χ4n) is 4.21. The van der Waals surface area contributed by atoms with Gasteiger partial charge in [-0.2, -0.15) is 36.2 Å². The molecule has 0 atom stereocenters. The fourth-order valence-corrected chi connectivity index (χ4v) is 4.92. The highest BCUT2D eigenvalue weighted by atomic mass is 35.5. The summed E-state index contributed by atoms with van der Waals surface area (Å²) in [5, 5.41) is 18.8. The first-order chi connectivity index (χ1) is 22.5. The Morgan fingerprint density at radius 2 is 1.67 bits per heavy atom. The molecule has 4 heterocycles. The third-order valence-corrected chi connectivity index (χ3v) is 7.23. The molecule has 4 aromatic heterocycles. The summed E-state index contributed by atoms with van der Waals surface area (Å²) in [5.41, 5.74) is -1.14. The molecular formula is C27H17Cl3F6N10O2. The number of halogens is 9. The van der Waals surface area contributed by atoms with E-state index in [1.165, 1.54) is 36.5 Å². The minimum Gasteiger partial charge on any atom is -0.346 e. The molecule has 5 aromatic rings. The van der Waals surface area contributed by atoms with Crippen molar-refractivity contribution in [3.05, 3.63) is 103 Å². The van der Waals surface area contributed by atoms with Gasteiger partial charge in [-0.15, -0.1) is 10.2 Å². The Bertz CT molecular complexity index is 2030. The summed E-state index contributed by atoms with van der Waals surface area (Å²) in [7, 11) is 0. The topological polar surface area (TPSA) is 145 Å². The van der Waals surface area contributed by atoms with Gasteiger partial charge in [-0.1, -0.05) is 34.8 Å². The molecule has 0 bridgehead atoms. The Morgan fingerprint density at radius 3 is 2.31 bits per heavy atom. The van der Waals surface area contributed by atoms with Crippen molar-refractivity contribution < 1.29 is 35.9 Å². The van der Waals surface area contributed by atoms with Gasteiger partial charge in [0.2, 0.25) is 0 Å². The molecule has 48 heavy (non-hydrogen) atoms. The number of nitrogens with zero attached hydrogens (tertiary/aromatic N) is 8. The van der Waals surface area contributed by atoms with Gasteiger partial charge in [0.05, 0.1) is 44.8 Å². The molecule has 2 N–H and O–H groups in total. The maximum Gasteiger partial charge on any atom is 0.455 e. The largest absolute Gasteiger partial charge is 0.455 e. The normalized spacial score (nSPS) is 11.9. The Morgan fingerprint density at radius 1 is 0.917 bits per heavy atom. The maximum absolute atomic E-state index is 13.7. The van der Waals surface area contributed by atoms with Crippen LogP contribution in [0.15, 0.2) is 48.8 Å². The molecule has 0 aliphatic carbocycles. The van der Waals surface area contributed by atoms with E-state index in [-0.39, 0.29) is 55.8 Å². The molecule has 1 aromatic carbocycles. The number of pyridine rings is 2. The van der Waals surface area contributed by atoms with Crippen molar-refractivity contribution in [1.82, 2.24) is 45.3 Å². The predicted molar refractivity (Wildman–Crippen MR) is 158 cm³/mol. The van der Waals surface area contributed by atoms with Crippen LogP contribution < -0.4 is 10.6 Å². The van der Waals surface area contributed by atoms with Crippen LogP contribution in [0.2, 0.25) is 15.1 Å². The lowest BCUT2D eigenvalue weighted by Gasteiger charge is -2.16. The second-order valence-electron chi connectivity index (χ2n) is 9.82. The van der Waals surface area contributed by atoms with E-state index in [0.717, 1.165) is 4.68 Å². The first-order valence-electron chi connectivity index (χ1n) is 13.2. The summed E-state index contributed by atoms with van der Waals surface area (Å²) in [6, 6.07) is 7.57. The van der Waals surface area contributed by atoms with Crippen molar-refractivity contribution >= 4 is 52.3 Å². The molecule has 0 saturated carbocycles. The summed E-state index contributed by atoms with van der Waals surface area (Å²) >= 11 is 18.4. The molecule has 2 amide bonds. The molecule has 250 valence electrons. The quantitative estimate of drug-likeness (QED) is 0.180. The molecule has 0 aliphatic heterocycles. The zero-order valence-corrected chi connectivity index (χ0v) is 26.1. The van der Waals surface area contributed by atoms with Gasteiger partial charge >= 0.3 is 12.4 Å². The first kappa shape index (κ1) is 34.5. The van der Waals surface area contributed by atoms with Gasteiger partial charge in [0.1, 0.15) is 12.2 Å². The van der Waals surface area contributed by atoms with Crippen LogP contribution in [0.1, 0.15) is 49.2 Å². The van der Waals surface area contributed by atoms with E-state index >= 15 is 0 Å². The summed E-state index contributed by atoms with van der Waals surface area (Å²) in [6.07, 6.45) is -7.58. The highest BCUT2D eigenvalue weighted by Crippen LogP contribution is 2.32. The first-order valence-corrected chi connectivity index (χ1v) is 14.3. The number of tetrazole rings is 1. The number of rotatable bonds is 8. The monoisotopic (exact) mass is 732 g/mol. The average molecular weight is 734 g/mol. The van der Waals surface area contributed by atoms with Crippen LogP contribution in [0.25, 0.3) is 5.82 Å². The van der Waals surface area contributed by atoms with E-state index in [1.54, 1.807) is 6.92 Å². The van der Waals surface area contributed by atoms with Gasteiger partial charge < -0.3 is 10.6 Å². The van der Waals surface area contributed by atoms with E-state index in [4.69, 9.17) is 34.8 Å². The van der Waals surface area contributed by atoms with Gasteiger partial charge in [0, 0.05) is 17.4 Å². The summed E-state index contributed by atoms with van der Waals surface area (Å²) in [4.78, 5) is 35.5. The lowest BCUT2D eigenvalue weighted by Crippen LogP contribution is -2.26. The van der Waals surface area contributed by atoms with Crippen LogP contribution in [-0.2, 0) is 25.4 Å². The SMILES string of the molecule is Cc1cc(Cl)cc(C(=O)NCc2ncc(C(F)(F)F)cc2Cl)c1NC(=O)c1cc(Cn2nnc(C(F)(F)F)n2)nn1-c1ncccc1Cl. The molecule has 0 aliphatic rings. The smallest absolute Gasteiger partial charge is 0.346 e. The molecule has 21 heteroatoms. The van der Waals surface area contributed by atoms with Gasteiger partial charge in [0.25, 0.3) is 17.6 Å². The van der Waals surface area contributed by atoms with Crippen LogP contribution in [0.3, 0.4) is 0 Å². The fraction of sp³-hybridized carbons (Fsp3) is 0.185. The zero-order valence-electron chi connectivity index (χ0n) is 23.8. The Labute approximate surface area is 280 Å². The molecule has 0 unspecified atom stereocenters. The second kappa shape index (κ2) is 13.4. The number of anilines is 1. The Balaban J connectivity index is 1.44. The summed E-state index contributed by atoms with van der Waals surface area (Å²) in [5.74, 6) is -3.14. The zero-order chi connectivity index (χ0) is 35.0. The Hall–Kier alpha value is -4.81. The molecule has 5 rings (SSSR count). The van der Waals surface area contributed by atoms with Crippen LogP contribution in [0.4, 0.5) is 32.0 Å². The number of benzene rings is 1. The molecule has 12 nitrogen and oxygen atoms in total. The number of hydrogen-bond donors (Lipinski definition) is 2. The number of amides is 2. The minimum atomic E-state index is -4.84. The number of hydrogen-bond acceptors (Lipinski definition) is 8. The van der Waals surface area contributed by atoms with Gasteiger partial charge in [-0.05, 0) is 54.1 Å². The lowest BCUT2D eigenvalue weighted by molar-refractivity contribution is -0.145. The van der Waals surface area contributed by atoms with E-state index in [2.05, 4.69) is 41.1 Å². The predicted octanol–water partition coefficient (Wildman–Crippen LogP) is 6.19. The van der Waals surface area contributed by atoms with Crippen molar-refractivity contribution in [2.45, 2.75) is 32.4 Å². The Kier molecular flexibility index (Phi) is 9.61. The van der Waals surface area contributed by atoms with Crippen molar-refractivity contribution in [2.75, 3.05) is 5.32 Å². The van der Waals surface area contributed by atoms with E-state index in [1.807, 2.05) is 0 Å². The van der Waals surface area contributed by atoms with Gasteiger partial charge in [-0.25, -0.2) is 9.67 Å².